The van der Waals surface area contributed by atoms with E-state index in [2.05, 4.69) is 82.6 Å². The number of hydrogen-bond acceptors (Lipinski definition) is 2. The van der Waals surface area contributed by atoms with Gasteiger partial charge in [-0.1, -0.05) is 51.1 Å². The first-order chi connectivity index (χ1) is 9.72. The van der Waals surface area contributed by atoms with Crippen LogP contribution in [0.3, 0.4) is 0 Å². The number of aryl methyl sites for hydroxylation is 1. The molecule has 1 atom stereocenters. The van der Waals surface area contributed by atoms with Crippen LogP contribution in [0.2, 0.25) is 18.1 Å². The molecule has 0 aliphatic rings. The molecule has 0 spiro atoms. The molecule has 3 heteroatoms. The van der Waals surface area contributed by atoms with Crippen LogP contribution in [0.5, 0.6) is 0 Å². The maximum atomic E-state index is 6.76. The van der Waals surface area contributed by atoms with Crippen molar-refractivity contribution in [3.63, 3.8) is 0 Å². The van der Waals surface area contributed by atoms with E-state index in [1.807, 2.05) is 0 Å². The van der Waals surface area contributed by atoms with Crippen LogP contribution in [-0.2, 0) is 4.43 Å². The highest BCUT2D eigenvalue weighted by Gasteiger charge is 2.40. The van der Waals surface area contributed by atoms with Gasteiger partial charge in [0, 0.05) is 4.88 Å². The summed E-state index contributed by atoms with van der Waals surface area (Å²) in [4.78, 5) is 1.35. The second-order valence-corrected chi connectivity index (χ2v) is 13.0. The molecule has 0 aliphatic heterocycles. The molecule has 1 heterocycles. The predicted molar refractivity (Wildman–Crippen MR) is 95.6 cm³/mol. The normalized spacial score (nSPS) is 14.2. The number of benzene rings is 1. The fraction of sp³-hybridized carbons (Fsp3) is 0.444. The summed E-state index contributed by atoms with van der Waals surface area (Å²) in [5, 5.41) is 2.37. The van der Waals surface area contributed by atoms with Crippen molar-refractivity contribution >= 4 is 19.7 Å². The molecule has 114 valence electrons. The van der Waals surface area contributed by atoms with E-state index >= 15 is 0 Å². The highest BCUT2D eigenvalue weighted by molar-refractivity contribution is 7.10. The lowest BCUT2D eigenvalue weighted by Crippen LogP contribution is -2.42. The molecule has 2 aromatic rings. The maximum absolute atomic E-state index is 6.76. The fourth-order valence-corrected chi connectivity index (χ4v) is 4.01. The lowest BCUT2D eigenvalue weighted by molar-refractivity contribution is 0.222. The highest BCUT2D eigenvalue weighted by atomic mass is 32.1. The van der Waals surface area contributed by atoms with Gasteiger partial charge in [-0.05, 0) is 47.6 Å². The Balaban J connectivity index is 2.41. The minimum atomic E-state index is -1.83. The lowest BCUT2D eigenvalue weighted by atomic mass is 10.0. The third-order valence-corrected chi connectivity index (χ3v) is 9.80. The van der Waals surface area contributed by atoms with Gasteiger partial charge in [0.15, 0.2) is 8.32 Å². The summed E-state index contributed by atoms with van der Waals surface area (Å²) in [5.74, 6) is 0. The fourth-order valence-electron chi connectivity index (χ4n) is 2.08. The van der Waals surface area contributed by atoms with Crippen molar-refractivity contribution in [3.05, 3.63) is 57.8 Å². The topological polar surface area (TPSA) is 9.23 Å². The largest absolute Gasteiger partial charge is 0.406 e. The average molecular weight is 319 g/mol. The van der Waals surface area contributed by atoms with Gasteiger partial charge in [-0.15, -0.1) is 11.3 Å². The molecule has 0 saturated carbocycles. The summed E-state index contributed by atoms with van der Waals surface area (Å²) in [5.41, 5.74) is 2.57. The van der Waals surface area contributed by atoms with E-state index in [1.54, 1.807) is 11.3 Å². The Labute approximate surface area is 134 Å². The van der Waals surface area contributed by atoms with E-state index in [-0.39, 0.29) is 11.1 Å². The molecule has 1 unspecified atom stereocenters. The van der Waals surface area contributed by atoms with Crippen molar-refractivity contribution in [1.82, 2.24) is 0 Å². The van der Waals surface area contributed by atoms with Gasteiger partial charge in [0.25, 0.3) is 0 Å². The zero-order chi connectivity index (χ0) is 15.7. The molecule has 0 saturated heterocycles. The first-order valence-corrected chi connectivity index (χ1v) is 11.3. The summed E-state index contributed by atoms with van der Waals surface area (Å²) in [6.45, 7) is 13.7. The summed E-state index contributed by atoms with van der Waals surface area (Å²) in [6.07, 6.45) is 0.0540. The van der Waals surface area contributed by atoms with Gasteiger partial charge in [0.05, 0.1) is 6.10 Å². The molecule has 1 aromatic carbocycles. The van der Waals surface area contributed by atoms with Gasteiger partial charge < -0.3 is 4.43 Å². The Bertz CT molecular complexity index is 581. The minimum absolute atomic E-state index is 0.0540. The van der Waals surface area contributed by atoms with E-state index in [4.69, 9.17) is 4.43 Å². The number of rotatable bonds is 4. The van der Waals surface area contributed by atoms with Crippen LogP contribution in [0.4, 0.5) is 0 Å². The van der Waals surface area contributed by atoms with Gasteiger partial charge in [-0.2, -0.15) is 0 Å². The molecule has 21 heavy (non-hydrogen) atoms. The maximum Gasteiger partial charge on any atom is 0.193 e. The standard InChI is InChI=1S/C18H26OSSi/c1-14-16(12-13-20-14)17(15-10-8-7-9-11-15)19-21(5,6)18(2,3)4/h7-13,17H,1-6H3. The Kier molecular flexibility index (Phi) is 4.76. The Morgan fingerprint density at radius 3 is 2.14 bits per heavy atom. The second-order valence-electron chi connectivity index (χ2n) is 7.10. The first-order valence-electron chi connectivity index (χ1n) is 7.49. The molecule has 0 aliphatic carbocycles. The molecule has 0 amide bonds. The van der Waals surface area contributed by atoms with Crippen molar-refractivity contribution in [2.24, 2.45) is 0 Å². The minimum Gasteiger partial charge on any atom is -0.406 e. The Hall–Kier alpha value is -0.903. The van der Waals surface area contributed by atoms with Crippen LogP contribution in [0, 0.1) is 6.92 Å². The third kappa shape index (κ3) is 3.65. The summed E-state index contributed by atoms with van der Waals surface area (Å²) >= 11 is 1.80. The predicted octanol–water partition coefficient (Wildman–Crippen LogP) is 6.17. The Morgan fingerprint density at radius 2 is 1.67 bits per heavy atom. The van der Waals surface area contributed by atoms with E-state index in [0.29, 0.717) is 0 Å². The smallest absolute Gasteiger partial charge is 0.193 e. The lowest BCUT2D eigenvalue weighted by Gasteiger charge is -2.39. The van der Waals surface area contributed by atoms with Crippen molar-refractivity contribution in [3.8, 4) is 0 Å². The molecule has 2 rings (SSSR count). The molecule has 0 fully saturated rings. The molecule has 1 nitrogen and oxygen atoms in total. The number of hydrogen-bond donors (Lipinski definition) is 0. The van der Waals surface area contributed by atoms with Crippen LogP contribution in [-0.4, -0.2) is 8.32 Å². The van der Waals surface area contributed by atoms with Gasteiger partial charge >= 0.3 is 0 Å². The van der Waals surface area contributed by atoms with Crippen molar-refractivity contribution < 1.29 is 4.43 Å². The summed E-state index contributed by atoms with van der Waals surface area (Å²) in [7, 11) is -1.83. The quantitative estimate of drug-likeness (QED) is 0.613. The van der Waals surface area contributed by atoms with Crippen molar-refractivity contribution in [1.29, 1.82) is 0 Å². The van der Waals surface area contributed by atoms with Crippen LogP contribution in [0.25, 0.3) is 0 Å². The summed E-state index contributed by atoms with van der Waals surface area (Å²) in [6, 6.07) is 12.8. The second kappa shape index (κ2) is 6.07. The molecular weight excluding hydrogens is 292 g/mol. The van der Waals surface area contributed by atoms with Gasteiger partial charge in [0.1, 0.15) is 0 Å². The SMILES string of the molecule is Cc1sccc1C(O[Si](C)(C)C(C)(C)C)c1ccccc1. The van der Waals surface area contributed by atoms with Crippen molar-refractivity contribution in [2.45, 2.75) is 51.9 Å². The molecule has 0 N–H and O–H groups in total. The zero-order valence-corrected chi connectivity index (χ0v) is 15.8. The first kappa shape index (κ1) is 16.5. The van der Waals surface area contributed by atoms with Crippen LogP contribution in [0.1, 0.15) is 42.9 Å². The zero-order valence-electron chi connectivity index (χ0n) is 13.9. The van der Waals surface area contributed by atoms with Crippen LogP contribution in [0.15, 0.2) is 41.8 Å². The van der Waals surface area contributed by atoms with Crippen LogP contribution >= 0.6 is 11.3 Å². The van der Waals surface area contributed by atoms with Gasteiger partial charge in [-0.3, -0.25) is 0 Å². The number of thiophene rings is 1. The average Bonchev–Trinajstić information content (AvgIpc) is 2.82. The molecule has 0 radical (unpaired) electrons. The van der Waals surface area contributed by atoms with Gasteiger partial charge in [-0.25, -0.2) is 0 Å². The summed E-state index contributed by atoms with van der Waals surface area (Å²) < 4.78 is 6.76. The third-order valence-electron chi connectivity index (χ3n) is 4.50. The molecule has 0 bridgehead atoms. The van der Waals surface area contributed by atoms with Gasteiger partial charge in [0.2, 0.25) is 0 Å². The van der Waals surface area contributed by atoms with E-state index in [1.165, 1.54) is 16.0 Å². The molecule has 1 aromatic heterocycles. The Morgan fingerprint density at radius 1 is 1.05 bits per heavy atom. The van der Waals surface area contributed by atoms with E-state index in [0.717, 1.165) is 0 Å². The highest BCUT2D eigenvalue weighted by Crippen LogP contribution is 2.42. The molecular formula is C18H26OSSi. The monoisotopic (exact) mass is 318 g/mol. The van der Waals surface area contributed by atoms with E-state index < -0.39 is 8.32 Å². The van der Waals surface area contributed by atoms with E-state index in [9.17, 15) is 0 Å². The van der Waals surface area contributed by atoms with Crippen LogP contribution < -0.4 is 0 Å². The van der Waals surface area contributed by atoms with Crippen molar-refractivity contribution in [2.75, 3.05) is 0 Å².